The van der Waals surface area contributed by atoms with Crippen molar-refractivity contribution >= 4 is 23.0 Å². The number of esters is 1. The van der Waals surface area contributed by atoms with Crippen LogP contribution >= 0.6 is 0 Å². The second-order valence-electron chi connectivity index (χ2n) is 5.22. The third kappa shape index (κ3) is 2.57. The standard InChI is InChI=1S/C17H18N2O2/c1-21-17(20)14-6-3-7-15(18)16(14)19-13-9-8-11-4-2-5-12(11)10-13/h3,6-10,19H,2,4-5,18H2,1H3. The van der Waals surface area contributed by atoms with Crippen molar-refractivity contribution in [2.75, 3.05) is 18.2 Å². The highest BCUT2D eigenvalue weighted by molar-refractivity contribution is 5.99. The lowest BCUT2D eigenvalue weighted by atomic mass is 10.1. The topological polar surface area (TPSA) is 64.3 Å². The Balaban J connectivity index is 1.96. The Hall–Kier alpha value is -2.49. The van der Waals surface area contributed by atoms with Crippen LogP contribution in [-0.2, 0) is 17.6 Å². The van der Waals surface area contributed by atoms with E-state index in [1.807, 2.05) is 6.07 Å². The van der Waals surface area contributed by atoms with Crippen LogP contribution in [0.3, 0.4) is 0 Å². The number of benzene rings is 2. The van der Waals surface area contributed by atoms with Gasteiger partial charge in [-0.3, -0.25) is 0 Å². The number of hydrogen-bond donors (Lipinski definition) is 2. The van der Waals surface area contributed by atoms with Gasteiger partial charge in [0.25, 0.3) is 0 Å². The van der Waals surface area contributed by atoms with E-state index in [2.05, 4.69) is 17.4 Å². The molecule has 21 heavy (non-hydrogen) atoms. The second kappa shape index (κ2) is 5.48. The van der Waals surface area contributed by atoms with Crippen molar-refractivity contribution in [3.8, 4) is 0 Å². The van der Waals surface area contributed by atoms with Gasteiger partial charge in [-0.1, -0.05) is 12.1 Å². The van der Waals surface area contributed by atoms with Gasteiger partial charge >= 0.3 is 5.97 Å². The van der Waals surface area contributed by atoms with Gasteiger partial charge in [0.1, 0.15) is 0 Å². The molecule has 0 bridgehead atoms. The van der Waals surface area contributed by atoms with E-state index in [1.165, 1.54) is 24.7 Å². The SMILES string of the molecule is COC(=O)c1cccc(N)c1Nc1ccc2c(c1)CCC2. The van der Waals surface area contributed by atoms with Crippen LogP contribution in [0.2, 0.25) is 0 Å². The van der Waals surface area contributed by atoms with Gasteiger partial charge in [0.05, 0.1) is 24.0 Å². The molecule has 4 nitrogen and oxygen atoms in total. The van der Waals surface area contributed by atoms with Crippen LogP contribution < -0.4 is 11.1 Å². The third-order valence-electron chi connectivity index (χ3n) is 3.87. The Labute approximate surface area is 123 Å². The zero-order chi connectivity index (χ0) is 14.8. The van der Waals surface area contributed by atoms with E-state index in [0.29, 0.717) is 16.9 Å². The largest absolute Gasteiger partial charge is 0.465 e. The molecule has 0 unspecified atom stereocenters. The molecular formula is C17H18N2O2. The first-order chi connectivity index (χ1) is 10.2. The highest BCUT2D eigenvalue weighted by Crippen LogP contribution is 2.31. The Morgan fingerprint density at radius 3 is 2.81 bits per heavy atom. The molecule has 3 N–H and O–H groups in total. The second-order valence-corrected chi connectivity index (χ2v) is 5.22. The molecule has 0 radical (unpaired) electrons. The summed E-state index contributed by atoms with van der Waals surface area (Å²) < 4.78 is 4.81. The molecule has 1 aliphatic carbocycles. The summed E-state index contributed by atoms with van der Waals surface area (Å²) in [6.45, 7) is 0. The van der Waals surface area contributed by atoms with E-state index < -0.39 is 5.97 Å². The molecule has 3 rings (SSSR count). The van der Waals surface area contributed by atoms with Crippen LogP contribution in [0.4, 0.5) is 17.1 Å². The van der Waals surface area contributed by atoms with Crippen LogP contribution in [0.25, 0.3) is 0 Å². The predicted octanol–water partition coefficient (Wildman–Crippen LogP) is 3.29. The van der Waals surface area contributed by atoms with E-state index in [9.17, 15) is 4.79 Å². The first kappa shape index (κ1) is 13.5. The number of hydrogen-bond acceptors (Lipinski definition) is 4. The first-order valence-corrected chi connectivity index (χ1v) is 7.04. The number of anilines is 3. The number of aryl methyl sites for hydroxylation is 2. The van der Waals surface area contributed by atoms with E-state index in [1.54, 1.807) is 18.2 Å². The third-order valence-corrected chi connectivity index (χ3v) is 3.87. The van der Waals surface area contributed by atoms with Gasteiger partial charge in [-0.25, -0.2) is 4.79 Å². The summed E-state index contributed by atoms with van der Waals surface area (Å²) in [6, 6.07) is 11.5. The number of nitrogen functional groups attached to an aromatic ring is 1. The van der Waals surface area contributed by atoms with Crippen LogP contribution in [0, 0.1) is 0 Å². The molecule has 2 aromatic carbocycles. The quantitative estimate of drug-likeness (QED) is 0.670. The summed E-state index contributed by atoms with van der Waals surface area (Å²) in [4.78, 5) is 11.8. The van der Waals surface area contributed by atoms with Gasteiger partial charge < -0.3 is 15.8 Å². The summed E-state index contributed by atoms with van der Waals surface area (Å²) >= 11 is 0. The summed E-state index contributed by atoms with van der Waals surface area (Å²) in [5.74, 6) is -0.397. The maximum Gasteiger partial charge on any atom is 0.340 e. The monoisotopic (exact) mass is 282 g/mol. The molecule has 108 valence electrons. The number of nitrogens with one attached hydrogen (secondary N) is 1. The molecule has 0 heterocycles. The lowest BCUT2D eigenvalue weighted by Gasteiger charge is -2.14. The van der Waals surface area contributed by atoms with Gasteiger partial charge in [-0.15, -0.1) is 0 Å². The van der Waals surface area contributed by atoms with E-state index in [0.717, 1.165) is 18.5 Å². The van der Waals surface area contributed by atoms with Crippen LogP contribution in [0.15, 0.2) is 36.4 Å². The summed E-state index contributed by atoms with van der Waals surface area (Å²) in [5, 5.41) is 3.26. The number of ether oxygens (including phenoxy) is 1. The number of methoxy groups -OCH3 is 1. The molecule has 0 fully saturated rings. The summed E-state index contributed by atoms with van der Waals surface area (Å²) in [6.07, 6.45) is 3.47. The highest BCUT2D eigenvalue weighted by Gasteiger charge is 2.16. The molecule has 4 heteroatoms. The predicted molar refractivity (Wildman–Crippen MR) is 83.9 cm³/mol. The lowest BCUT2D eigenvalue weighted by Crippen LogP contribution is -2.08. The lowest BCUT2D eigenvalue weighted by molar-refractivity contribution is 0.0602. The van der Waals surface area contributed by atoms with E-state index in [-0.39, 0.29) is 0 Å². The molecular weight excluding hydrogens is 264 g/mol. The number of carbonyl (C=O) groups excluding carboxylic acids is 1. The number of nitrogens with two attached hydrogens (primary N) is 1. The molecule has 0 saturated heterocycles. The minimum Gasteiger partial charge on any atom is -0.465 e. The van der Waals surface area contributed by atoms with Crippen molar-refractivity contribution < 1.29 is 9.53 Å². The highest BCUT2D eigenvalue weighted by atomic mass is 16.5. The zero-order valence-corrected chi connectivity index (χ0v) is 12.0. The van der Waals surface area contributed by atoms with Gasteiger partial charge in [-0.05, 0) is 54.7 Å². The average molecular weight is 282 g/mol. The average Bonchev–Trinajstić information content (AvgIpc) is 2.96. The molecule has 0 saturated carbocycles. The number of carbonyl (C=O) groups is 1. The number of para-hydroxylation sites is 1. The zero-order valence-electron chi connectivity index (χ0n) is 12.0. The smallest absolute Gasteiger partial charge is 0.340 e. The van der Waals surface area contributed by atoms with Crippen LogP contribution in [-0.4, -0.2) is 13.1 Å². The minimum absolute atomic E-state index is 0.397. The van der Waals surface area contributed by atoms with Crippen molar-refractivity contribution in [1.82, 2.24) is 0 Å². The first-order valence-electron chi connectivity index (χ1n) is 7.04. The maximum absolute atomic E-state index is 11.8. The molecule has 0 aliphatic heterocycles. The Morgan fingerprint density at radius 1 is 1.19 bits per heavy atom. The van der Waals surface area contributed by atoms with E-state index >= 15 is 0 Å². The normalized spacial score (nSPS) is 12.8. The Morgan fingerprint density at radius 2 is 2.00 bits per heavy atom. The van der Waals surface area contributed by atoms with Gasteiger partial charge in [-0.2, -0.15) is 0 Å². The molecule has 0 spiro atoms. The number of rotatable bonds is 3. The van der Waals surface area contributed by atoms with Crippen molar-refractivity contribution in [2.45, 2.75) is 19.3 Å². The van der Waals surface area contributed by atoms with Gasteiger partial charge in [0, 0.05) is 5.69 Å². The molecule has 0 atom stereocenters. The minimum atomic E-state index is -0.397. The van der Waals surface area contributed by atoms with Crippen molar-refractivity contribution in [3.05, 3.63) is 53.1 Å². The Kier molecular flexibility index (Phi) is 3.52. The molecule has 0 aromatic heterocycles. The van der Waals surface area contributed by atoms with Crippen molar-refractivity contribution in [2.24, 2.45) is 0 Å². The van der Waals surface area contributed by atoms with Gasteiger partial charge in [0.15, 0.2) is 0 Å². The summed E-state index contributed by atoms with van der Waals surface area (Å²) in [7, 11) is 1.37. The molecule has 0 amide bonds. The fraction of sp³-hybridized carbons (Fsp3) is 0.235. The fourth-order valence-corrected chi connectivity index (χ4v) is 2.78. The van der Waals surface area contributed by atoms with Gasteiger partial charge in [0.2, 0.25) is 0 Å². The summed E-state index contributed by atoms with van der Waals surface area (Å²) in [5.41, 5.74) is 11.3. The molecule has 2 aromatic rings. The van der Waals surface area contributed by atoms with Crippen molar-refractivity contribution in [1.29, 1.82) is 0 Å². The maximum atomic E-state index is 11.8. The number of fused-ring (bicyclic) bond motifs is 1. The van der Waals surface area contributed by atoms with Crippen molar-refractivity contribution in [3.63, 3.8) is 0 Å². The van der Waals surface area contributed by atoms with E-state index in [4.69, 9.17) is 10.5 Å². The Bertz CT molecular complexity index is 695. The fourth-order valence-electron chi connectivity index (χ4n) is 2.78. The van der Waals surface area contributed by atoms with Crippen LogP contribution in [0.5, 0.6) is 0 Å². The van der Waals surface area contributed by atoms with Crippen LogP contribution in [0.1, 0.15) is 27.9 Å². The molecule has 1 aliphatic rings.